The molecular weight excluding hydrogens is 318 g/mol. The number of hydrogen-bond donors (Lipinski definition) is 3. The minimum Gasteiger partial charge on any atom is -0.409 e. The molecule has 0 unspecified atom stereocenters. The maximum atomic E-state index is 12.1. The predicted octanol–water partition coefficient (Wildman–Crippen LogP) is 2.30. The highest BCUT2D eigenvalue weighted by Crippen LogP contribution is 2.31. The summed E-state index contributed by atoms with van der Waals surface area (Å²) in [5.41, 5.74) is 5.03. The monoisotopic (exact) mass is 331 g/mol. The Morgan fingerprint density at radius 2 is 2.17 bits per heavy atom. The lowest BCUT2D eigenvalue weighted by Crippen LogP contribution is -2.55. The van der Waals surface area contributed by atoms with Crippen molar-refractivity contribution in [2.24, 2.45) is 10.9 Å². The molecule has 1 aromatic heterocycles. The summed E-state index contributed by atoms with van der Waals surface area (Å²) in [4.78, 5) is 12.7. The van der Waals surface area contributed by atoms with Crippen molar-refractivity contribution in [3.05, 3.63) is 20.8 Å². The molecule has 0 aliphatic heterocycles. The van der Waals surface area contributed by atoms with Crippen LogP contribution in [-0.2, 0) is 0 Å². The van der Waals surface area contributed by atoms with Crippen LogP contribution in [0.5, 0.6) is 0 Å². The Morgan fingerprint density at radius 1 is 1.50 bits per heavy atom. The van der Waals surface area contributed by atoms with Gasteiger partial charge >= 0.3 is 0 Å². The van der Waals surface area contributed by atoms with Crippen LogP contribution in [0.2, 0.25) is 0 Å². The zero-order valence-corrected chi connectivity index (χ0v) is 12.1. The smallest absolute Gasteiger partial charge is 0.262 e. The lowest BCUT2D eigenvalue weighted by Gasteiger charge is -2.28. The van der Waals surface area contributed by atoms with E-state index in [1.54, 1.807) is 6.07 Å². The average molecular weight is 332 g/mol. The third-order valence-corrected chi connectivity index (χ3v) is 4.83. The number of rotatable bonds is 3. The van der Waals surface area contributed by atoms with E-state index in [-0.39, 0.29) is 11.7 Å². The Labute approximate surface area is 117 Å². The molecule has 18 heavy (non-hydrogen) atoms. The summed E-state index contributed by atoms with van der Waals surface area (Å²) in [5, 5.41) is 14.8. The first kappa shape index (κ1) is 13.4. The van der Waals surface area contributed by atoms with Crippen molar-refractivity contribution in [1.29, 1.82) is 0 Å². The van der Waals surface area contributed by atoms with Gasteiger partial charge in [-0.3, -0.25) is 4.79 Å². The quantitative estimate of drug-likeness (QED) is 0.343. The normalized spacial score (nSPS) is 18.8. The summed E-state index contributed by atoms with van der Waals surface area (Å²) >= 11 is 4.68. The first-order valence-electron chi connectivity index (χ1n) is 5.63. The van der Waals surface area contributed by atoms with Crippen molar-refractivity contribution in [2.75, 3.05) is 0 Å². The fourth-order valence-electron chi connectivity index (χ4n) is 2.23. The molecule has 4 N–H and O–H groups in total. The van der Waals surface area contributed by atoms with Crippen LogP contribution in [-0.4, -0.2) is 22.5 Å². The molecule has 0 bridgehead atoms. The van der Waals surface area contributed by atoms with Crippen LogP contribution in [0.1, 0.15) is 35.4 Å². The van der Waals surface area contributed by atoms with Gasteiger partial charge in [0, 0.05) is 0 Å². The SMILES string of the molecule is N/C(=N/O)C1(NC(=O)c2ccc(Br)s2)CCCC1. The molecule has 0 spiro atoms. The lowest BCUT2D eigenvalue weighted by atomic mass is 9.96. The van der Waals surface area contributed by atoms with Crippen LogP contribution in [0.25, 0.3) is 0 Å². The van der Waals surface area contributed by atoms with Gasteiger partial charge in [-0.2, -0.15) is 0 Å². The van der Waals surface area contributed by atoms with E-state index >= 15 is 0 Å². The second kappa shape index (κ2) is 5.27. The van der Waals surface area contributed by atoms with Crippen LogP contribution in [0.4, 0.5) is 0 Å². The Bertz CT molecular complexity index is 480. The van der Waals surface area contributed by atoms with Crippen LogP contribution in [0.3, 0.4) is 0 Å². The van der Waals surface area contributed by atoms with Crippen LogP contribution in [0, 0.1) is 0 Å². The maximum Gasteiger partial charge on any atom is 0.262 e. The van der Waals surface area contributed by atoms with Crippen molar-refractivity contribution in [1.82, 2.24) is 5.32 Å². The third-order valence-electron chi connectivity index (χ3n) is 3.20. The van der Waals surface area contributed by atoms with E-state index in [1.165, 1.54) is 11.3 Å². The molecule has 7 heteroatoms. The van der Waals surface area contributed by atoms with Crippen molar-refractivity contribution < 1.29 is 10.0 Å². The van der Waals surface area contributed by atoms with Crippen LogP contribution >= 0.6 is 27.3 Å². The highest BCUT2D eigenvalue weighted by atomic mass is 79.9. The molecule has 5 nitrogen and oxygen atoms in total. The summed E-state index contributed by atoms with van der Waals surface area (Å²) in [6.07, 6.45) is 3.34. The van der Waals surface area contributed by atoms with Crippen LogP contribution < -0.4 is 11.1 Å². The van der Waals surface area contributed by atoms with Crippen molar-refractivity contribution >= 4 is 39.0 Å². The predicted molar refractivity (Wildman–Crippen MR) is 74.1 cm³/mol. The molecule has 0 saturated heterocycles. The molecular formula is C11H14BrN3O2S. The summed E-state index contributed by atoms with van der Waals surface area (Å²) in [7, 11) is 0. The van der Waals surface area contributed by atoms with Crippen LogP contribution in [0.15, 0.2) is 21.1 Å². The third kappa shape index (κ3) is 2.51. The summed E-state index contributed by atoms with van der Waals surface area (Å²) < 4.78 is 0.900. The van der Waals surface area contributed by atoms with Crippen molar-refractivity contribution in [2.45, 2.75) is 31.2 Å². The number of halogens is 1. The van der Waals surface area contributed by atoms with Gasteiger partial charge in [-0.15, -0.1) is 11.3 Å². The Balaban J connectivity index is 2.17. The van der Waals surface area contributed by atoms with Gasteiger partial charge in [-0.25, -0.2) is 0 Å². The first-order valence-corrected chi connectivity index (χ1v) is 7.24. The zero-order chi connectivity index (χ0) is 13.2. The highest BCUT2D eigenvalue weighted by Gasteiger charge is 2.40. The van der Waals surface area contributed by atoms with E-state index in [1.807, 2.05) is 6.07 Å². The maximum absolute atomic E-state index is 12.1. The number of hydrogen-bond acceptors (Lipinski definition) is 4. The van der Waals surface area contributed by atoms with E-state index in [0.717, 1.165) is 16.6 Å². The Hall–Kier alpha value is -1.08. The lowest BCUT2D eigenvalue weighted by molar-refractivity contribution is 0.0927. The number of amides is 1. The van der Waals surface area contributed by atoms with E-state index in [0.29, 0.717) is 17.7 Å². The minimum atomic E-state index is -0.692. The molecule has 1 aliphatic carbocycles. The topological polar surface area (TPSA) is 87.7 Å². The molecule has 1 fully saturated rings. The molecule has 1 aromatic rings. The molecule has 1 saturated carbocycles. The standard InChI is InChI=1S/C11H14BrN3O2S/c12-8-4-3-7(18-8)9(16)14-11(10(13)15-17)5-1-2-6-11/h3-4,17H,1-2,5-6H2,(H2,13,15)(H,14,16). The largest absolute Gasteiger partial charge is 0.409 e. The molecule has 0 radical (unpaired) electrons. The number of nitrogens with one attached hydrogen (secondary N) is 1. The number of oxime groups is 1. The molecule has 0 aromatic carbocycles. The number of nitrogens with two attached hydrogens (primary N) is 1. The molecule has 98 valence electrons. The van der Waals surface area contributed by atoms with E-state index < -0.39 is 5.54 Å². The number of nitrogens with zero attached hydrogens (tertiary/aromatic N) is 1. The minimum absolute atomic E-state index is 0.0870. The van der Waals surface area contributed by atoms with E-state index in [9.17, 15) is 4.79 Å². The second-order valence-electron chi connectivity index (χ2n) is 4.33. The van der Waals surface area contributed by atoms with Gasteiger partial charge in [0.15, 0.2) is 5.84 Å². The molecule has 2 rings (SSSR count). The highest BCUT2D eigenvalue weighted by molar-refractivity contribution is 9.11. The van der Waals surface area contributed by atoms with Gasteiger partial charge in [-0.1, -0.05) is 18.0 Å². The van der Waals surface area contributed by atoms with Gasteiger partial charge in [0.2, 0.25) is 0 Å². The number of amidine groups is 1. The number of carbonyl (C=O) groups is 1. The summed E-state index contributed by atoms with van der Waals surface area (Å²) in [5.74, 6) is -0.0943. The number of carbonyl (C=O) groups excluding carboxylic acids is 1. The van der Waals surface area contributed by atoms with E-state index in [2.05, 4.69) is 26.4 Å². The summed E-state index contributed by atoms with van der Waals surface area (Å²) in [6.45, 7) is 0. The van der Waals surface area contributed by atoms with Gasteiger partial charge in [0.05, 0.1) is 8.66 Å². The fraction of sp³-hybridized carbons (Fsp3) is 0.455. The second-order valence-corrected chi connectivity index (χ2v) is 6.80. The van der Waals surface area contributed by atoms with Crippen molar-refractivity contribution in [3.63, 3.8) is 0 Å². The molecule has 1 heterocycles. The molecule has 0 atom stereocenters. The number of thiophene rings is 1. The van der Waals surface area contributed by atoms with Gasteiger partial charge in [-0.05, 0) is 40.9 Å². The molecule has 1 aliphatic rings. The van der Waals surface area contributed by atoms with E-state index in [4.69, 9.17) is 10.9 Å². The average Bonchev–Trinajstić information content (AvgIpc) is 2.98. The van der Waals surface area contributed by atoms with Gasteiger partial charge < -0.3 is 16.3 Å². The fourth-order valence-corrected chi connectivity index (χ4v) is 3.52. The Morgan fingerprint density at radius 3 is 2.67 bits per heavy atom. The van der Waals surface area contributed by atoms with Crippen molar-refractivity contribution in [3.8, 4) is 0 Å². The summed E-state index contributed by atoms with van der Waals surface area (Å²) in [6, 6.07) is 3.57. The first-order chi connectivity index (χ1) is 8.57. The molecule has 1 amide bonds. The van der Waals surface area contributed by atoms with Gasteiger partial charge in [0.25, 0.3) is 5.91 Å². The zero-order valence-electron chi connectivity index (χ0n) is 9.65. The Kier molecular flexibility index (Phi) is 3.91. The van der Waals surface area contributed by atoms with Gasteiger partial charge in [0.1, 0.15) is 5.54 Å².